The van der Waals surface area contributed by atoms with E-state index in [0.717, 1.165) is 13.0 Å². The molecule has 0 radical (unpaired) electrons. The van der Waals surface area contributed by atoms with Crippen LogP contribution in [0.2, 0.25) is 0 Å². The summed E-state index contributed by atoms with van der Waals surface area (Å²) in [7, 11) is 2.14. The molecule has 1 heterocycles. The molecule has 1 aliphatic rings. The minimum absolute atomic E-state index is 0.343. The molecular weight excluding hydrogens is 160 g/mol. The summed E-state index contributed by atoms with van der Waals surface area (Å²) in [5.41, 5.74) is 7.30. The Morgan fingerprint density at radius 3 is 2.54 bits per heavy atom. The molecule has 0 bridgehead atoms. The Morgan fingerprint density at radius 1 is 1.31 bits per heavy atom. The lowest BCUT2D eigenvalue weighted by molar-refractivity contribution is 0.316. The van der Waals surface area contributed by atoms with E-state index in [9.17, 15) is 0 Å². The van der Waals surface area contributed by atoms with Gasteiger partial charge in [0.15, 0.2) is 0 Å². The third-order valence-corrected chi connectivity index (χ3v) is 2.76. The van der Waals surface area contributed by atoms with E-state index in [1.807, 2.05) is 0 Å². The number of hydrogen-bond acceptors (Lipinski definition) is 2. The molecule has 2 atom stereocenters. The fourth-order valence-corrected chi connectivity index (χ4v) is 2.10. The van der Waals surface area contributed by atoms with Gasteiger partial charge in [0.2, 0.25) is 0 Å². The van der Waals surface area contributed by atoms with E-state index in [1.165, 1.54) is 5.56 Å². The van der Waals surface area contributed by atoms with Gasteiger partial charge in [-0.2, -0.15) is 0 Å². The molecule has 13 heavy (non-hydrogen) atoms. The van der Waals surface area contributed by atoms with Crippen molar-refractivity contribution in [2.75, 3.05) is 13.6 Å². The molecule has 1 aromatic rings. The summed E-state index contributed by atoms with van der Waals surface area (Å²) in [5, 5.41) is 0. The Labute approximate surface area is 79.4 Å². The van der Waals surface area contributed by atoms with Gasteiger partial charge >= 0.3 is 0 Å². The Morgan fingerprint density at radius 2 is 2.00 bits per heavy atom. The standard InChI is InChI=1S/C11H16N2/c1-13-8-10(12)7-11(13)9-5-3-2-4-6-9/h2-6,10-11H,7-8,12H2,1H3. The molecule has 0 aromatic heterocycles. The summed E-state index contributed by atoms with van der Waals surface area (Å²) >= 11 is 0. The number of likely N-dealkylation sites (N-methyl/N-ethyl adjacent to an activating group) is 1. The Bertz CT molecular complexity index is 271. The summed E-state index contributed by atoms with van der Waals surface area (Å²) in [6.45, 7) is 1.01. The molecule has 2 N–H and O–H groups in total. The first kappa shape index (κ1) is 8.73. The second-order valence-corrected chi connectivity index (χ2v) is 3.86. The first-order valence-corrected chi connectivity index (χ1v) is 4.78. The van der Waals surface area contributed by atoms with Crippen LogP contribution in [-0.4, -0.2) is 24.5 Å². The van der Waals surface area contributed by atoms with Crippen LogP contribution in [0.25, 0.3) is 0 Å². The average molecular weight is 176 g/mol. The number of nitrogens with two attached hydrogens (primary N) is 1. The SMILES string of the molecule is CN1CC(N)CC1c1ccccc1. The second kappa shape index (κ2) is 3.48. The fraction of sp³-hybridized carbons (Fsp3) is 0.455. The molecule has 2 unspecified atom stereocenters. The molecule has 1 aliphatic heterocycles. The fourth-order valence-electron chi connectivity index (χ4n) is 2.10. The van der Waals surface area contributed by atoms with E-state index in [-0.39, 0.29) is 0 Å². The molecule has 2 nitrogen and oxygen atoms in total. The first-order valence-electron chi connectivity index (χ1n) is 4.78. The zero-order valence-electron chi connectivity index (χ0n) is 7.98. The molecule has 0 spiro atoms. The summed E-state index contributed by atoms with van der Waals surface area (Å²) in [5.74, 6) is 0. The predicted molar refractivity (Wildman–Crippen MR) is 54.4 cm³/mol. The highest BCUT2D eigenvalue weighted by Gasteiger charge is 2.27. The van der Waals surface area contributed by atoms with Crippen LogP contribution in [0.4, 0.5) is 0 Å². The molecule has 0 amide bonds. The van der Waals surface area contributed by atoms with Crippen molar-refractivity contribution in [3.05, 3.63) is 35.9 Å². The van der Waals surface area contributed by atoms with Crippen molar-refractivity contribution in [3.63, 3.8) is 0 Å². The number of rotatable bonds is 1. The normalized spacial score (nSPS) is 29.4. The van der Waals surface area contributed by atoms with Crippen LogP contribution in [0.3, 0.4) is 0 Å². The molecular formula is C11H16N2. The van der Waals surface area contributed by atoms with Gasteiger partial charge in [0.25, 0.3) is 0 Å². The number of hydrogen-bond donors (Lipinski definition) is 1. The lowest BCUT2D eigenvalue weighted by Gasteiger charge is -2.18. The molecule has 0 aliphatic carbocycles. The number of nitrogens with zero attached hydrogens (tertiary/aromatic N) is 1. The minimum atomic E-state index is 0.343. The van der Waals surface area contributed by atoms with Gasteiger partial charge in [-0.3, -0.25) is 4.90 Å². The van der Waals surface area contributed by atoms with Crippen molar-refractivity contribution < 1.29 is 0 Å². The largest absolute Gasteiger partial charge is 0.326 e. The highest BCUT2D eigenvalue weighted by molar-refractivity contribution is 5.20. The van der Waals surface area contributed by atoms with Gasteiger partial charge in [0.05, 0.1) is 0 Å². The van der Waals surface area contributed by atoms with Gasteiger partial charge in [0.1, 0.15) is 0 Å². The maximum atomic E-state index is 5.91. The van der Waals surface area contributed by atoms with Gasteiger partial charge in [-0.1, -0.05) is 30.3 Å². The van der Waals surface area contributed by atoms with Crippen LogP contribution in [0.5, 0.6) is 0 Å². The Kier molecular flexibility index (Phi) is 2.34. The van der Waals surface area contributed by atoms with Gasteiger partial charge in [-0.15, -0.1) is 0 Å². The molecule has 0 saturated carbocycles. The maximum Gasteiger partial charge on any atom is 0.0360 e. The van der Waals surface area contributed by atoms with Crippen LogP contribution >= 0.6 is 0 Å². The van der Waals surface area contributed by atoms with Crippen LogP contribution in [0.15, 0.2) is 30.3 Å². The zero-order chi connectivity index (χ0) is 9.26. The Balaban J connectivity index is 2.18. The quantitative estimate of drug-likeness (QED) is 0.700. The van der Waals surface area contributed by atoms with Crippen LogP contribution in [0.1, 0.15) is 18.0 Å². The summed E-state index contributed by atoms with van der Waals surface area (Å²) in [6, 6.07) is 11.5. The number of benzene rings is 1. The van der Waals surface area contributed by atoms with Crippen molar-refractivity contribution in [2.24, 2.45) is 5.73 Å². The molecule has 2 heteroatoms. The van der Waals surface area contributed by atoms with E-state index in [1.54, 1.807) is 0 Å². The van der Waals surface area contributed by atoms with Crippen molar-refractivity contribution in [3.8, 4) is 0 Å². The van der Waals surface area contributed by atoms with E-state index < -0.39 is 0 Å². The third kappa shape index (κ3) is 1.74. The summed E-state index contributed by atoms with van der Waals surface area (Å²) < 4.78 is 0. The highest BCUT2D eigenvalue weighted by Crippen LogP contribution is 2.29. The maximum absolute atomic E-state index is 5.91. The lowest BCUT2D eigenvalue weighted by atomic mass is 10.0. The molecule has 2 rings (SSSR count). The van der Waals surface area contributed by atoms with E-state index >= 15 is 0 Å². The predicted octanol–water partition coefficient (Wildman–Crippen LogP) is 1.39. The average Bonchev–Trinajstić information content (AvgIpc) is 2.47. The summed E-state index contributed by atoms with van der Waals surface area (Å²) in [6.07, 6.45) is 1.08. The monoisotopic (exact) mass is 176 g/mol. The van der Waals surface area contributed by atoms with E-state index in [0.29, 0.717) is 12.1 Å². The van der Waals surface area contributed by atoms with Gasteiger partial charge < -0.3 is 5.73 Å². The van der Waals surface area contributed by atoms with Crippen molar-refractivity contribution in [1.82, 2.24) is 4.90 Å². The van der Waals surface area contributed by atoms with Gasteiger partial charge in [-0.25, -0.2) is 0 Å². The third-order valence-electron chi connectivity index (χ3n) is 2.76. The molecule has 1 aromatic carbocycles. The van der Waals surface area contributed by atoms with Crippen molar-refractivity contribution in [2.45, 2.75) is 18.5 Å². The van der Waals surface area contributed by atoms with E-state index in [2.05, 4.69) is 42.3 Å². The highest BCUT2D eigenvalue weighted by atomic mass is 15.2. The van der Waals surface area contributed by atoms with Crippen LogP contribution in [-0.2, 0) is 0 Å². The van der Waals surface area contributed by atoms with Crippen molar-refractivity contribution >= 4 is 0 Å². The van der Waals surface area contributed by atoms with Gasteiger partial charge in [0, 0.05) is 18.6 Å². The summed E-state index contributed by atoms with van der Waals surface area (Å²) in [4.78, 5) is 2.33. The van der Waals surface area contributed by atoms with Crippen LogP contribution < -0.4 is 5.73 Å². The van der Waals surface area contributed by atoms with Gasteiger partial charge in [-0.05, 0) is 19.0 Å². The molecule has 1 fully saturated rings. The topological polar surface area (TPSA) is 29.3 Å². The zero-order valence-corrected chi connectivity index (χ0v) is 7.98. The molecule has 70 valence electrons. The van der Waals surface area contributed by atoms with E-state index in [4.69, 9.17) is 5.73 Å². The number of likely N-dealkylation sites (tertiary alicyclic amines) is 1. The Hall–Kier alpha value is -0.860. The molecule has 1 saturated heterocycles. The smallest absolute Gasteiger partial charge is 0.0360 e. The van der Waals surface area contributed by atoms with Crippen molar-refractivity contribution in [1.29, 1.82) is 0 Å². The van der Waals surface area contributed by atoms with Crippen LogP contribution in [0, 0.1) is 0 Å². The first-order chi connectivity index (χ1) is 6.27. The second-order valence-electron chi connectivity index (χ2n) is 3.86. The minimum Gasteiger partial charge on any atom is -0.326 e. The lowest BCUT2D eigenvalue weighted by Crippen LogP contribution is -2.24.